The summed E-state index contributed by atoms with van der Waals surface area (Å²) >= 11 is 0. The number of benzene rings is 1. The van der Waals surface area contributed by atoms with Crippen LogP contribution in [0.15, 0.2) is 30.3 Å². The second-order valence-electron chi connectivity index (χ2n) is 4.93. The molecule has 1 aromatic carbocycles. The lowest BCUT2D eigenvalue weighted by atomic mass is 9.95. The van der Waals surface area contributed by atoms with Crippen LogP contribution in [-0.4, -0.2) is 19.2 Å². The van der Waals surface area contributed by atoms with Crippen LogP contribution in [0.1, 0.15) is 24.8 Å². The van der Waals surface area contributed by atoms with Crippen LogP contribution in [0.4, 0.5) is 4.79 Å². The molecule has 4 nitrogen and oxygen atoms in total. The van der Waals surface area contributed by atoms with Gasteiger partial charge in [-0.2, -0.15) is 0 Å². The molecule has 1 amide bonds. The number of ether oxygens (including phenoxy) is 1. The molecule has 104 valence electrons. The molecule has 0 spiro atoms. The summed E-state index contributed by atoms with van der Waals surface area (Å²) < 4.78 is 5.15. The van der Waals surface area contributed by atoms with Gasteiger partial charge in [-0.05, 0) is 18.4 Å². The van der Waals surface area contributed by atoms with Gasteiger partial charge in [0.25, 0.3) is 0 Å². The lowest BCUT2D eigenvalue weighted by Gasteiger charge is -2.26. The van der Waals surface area contributed by atoms with Crippen LogP contribution in [0.25, 0.3) is 0 Å². The van der Waals surface area contributed by atoms with Crippen LogP contribution in [-0.2, 0) is 11.3 Å². The van der Waals surface area contributed by atoms with Gasteiger partial charge in [-0.1, -0.05) is 36.2 Å². The Morgan fingerprint density at radius 1 is 1.42 bits per heavy atom. The third kappa shape index (κ3) is 5.30. The molecule has 1 aliphatic rings. The molecule has 1 aromatic rings. The molecule has 0 radical (unpaired) electrons. The molecule has 2 rings (SSSR count). The third-order valence-electron chi connectivity index (χ3n) is 3.41. The number of nitrogens with two attached hydrogens (primary N) is 1. The quantitative estimate of drug-likeness (QED) is 0.789. The van der Waals surface area contributed by atoms with E-state index in [4.69, 9.17) is 4.74 Å². The van der Waals surface area contributed by atoms with Crippen molar-refractivity contribution < 1.29 is 14.8 Å². The fraction of sp³-hybridized carbons (Fsp3) is 0.467. The van der Waals surface area contributed by atoms with E-state index >= 15 is 0 Å². The Hall–Kier alpha value is -1.55. The van der Waals surface area contributed by atoms with Crippen molar-refractivity contribution in [2.45, 2.75) is 25.9 Å². The fourth-order valence-corrected chi connectivity index (χ4v) is 2.27. The number of rotatable bonds is 5. The van der Waals surface area contributed by atoms with E-state index in [1.807, 2.05) is 30.3 Å². The van der Waals surface area contributed by atoms with E-state index in [0.717, 1.165) is 18.4 Å². The van der Waals surface area contributed by atoms with Gasteiger partial charge in [-0.15, -0.1) is 13.0 Å². The number of alkyl carbamates (subject to hydrolysis) is 1. The molecular weight excluding hydrogens is 240 g/mol. The number of hydrogen-bond donors (Lipinski definition) is 2. The molecule has 3 N–H and O–H groups in total. The number of piperidine rings is 1. The first-order valence-corrected chi connectivity index (χ1v) is 6.94. The molecule has 1 fully saturated rings. The van der Waals surface area contributed by atoms with Crippen molar-refractivity contribution in [1.82, 2.24) is 5.32 Å². The van der Waals surface area contributed by atoms with Crippen molar-refractivity contribution in [3.05, 3.63) is 42.4 Å². The molecule has 1 unspecified atom stereocenters. The molecule has 1 saturated heterocycles. The molecule has 19 heavy (non-hydrogen) atoms. The Labute approximate surface area is 114 Å². The zero-order valence-corrected chi connectivity index (χ0v) is 11.2. The van der Waals surface area contributed by atoms with Gasteiger partial charge in [0.1, 0.15) is 6.61 Å². The maximum Gasteiger partial charge on any atom is 0.407 e. The average molecular weight is 262 g/mol. The Morgan fingerprint density at radius 2 is 2.26 bits per heavy atom. The van der Waals surface area contributed by atoms with Gasteiger partial charge in [-0.3, -0.25) is 0 Å². The van der Waals surface area contributed by atoms with Gasteiger partial charge in [0.2, 0.25) is 0 Å². The minimum Gasteiger partial charge on any atom is -0.476 e. The fourth-order valence-electron chi connectivity index (χ4n) is 2.27. The predicted octanol–water partition coefficient (Wildman–Crippen LogP) is 1.44. The molecule has 4 heteroatoms. The highest BCUT2D eigenvalue weighted by Crippen LogP contribution is 2.13. The van der Waals surface area contributed by atoms with Crippen LogP contribution in [0.2, 0.25) is 0 Å². The van der Waals surface area contributed by atoms with Crippen LogP contribution in [0, 0.1) is 12.5 Å². The Balaban J connectivity index is 1.57. The van der Waals surface area contributed by atoms with Crippen molar-refractivity contribution in [2.75, 3.05) is 13.1 Å². The standard InChI is InChI=1S/C15H22N2O2/c18-15(19-12-14-4-2-1-3-5-14)17-11-8-13-6-9-16-10-7-13/h1-5,9,13H,6-8,10-12,16H2,(H,17,18). The summed E-state index contributed by atoms with van der Waals surface area (Å²) in [6.45, 7) is 4.44. The van der Waals surface area contributed by atoms with Crippen molar-refractivity contribution in [1.29, 1.82) is 0 Å². The normalized spacial score (nSPS) is 18.8. The van der Waals surface area contributed by atoms with E-state index < -0.39 is 0 Å². The Kier molecular flexibility index (Phi) is 5.69. The SMILES string of the molecule is O=C(NCCC1C[CH-][NH2+]CC1)OCc1ccccc1. The summed E-state index contributed by atoms with van der Waals surface area (Å²) in [6, 6.07) is 9.71. The lowest BCUT2D eigenvalue weighted by Crippen LogP contribution is -2.82. The summed E-state index contributed by atoms with van der Waals surface area (Å²) in [5, 5.41) is 5.05. The lowest BCUT2D eigenvalue weighted by molar-refractivity contribution is -0.627. The zero-order valence-electron chi connectivity index (χ0n) is 11.2. The molecule has 0 saturated carbocycles. The first-order valence-electron chi connectivity index (χ1n) is 6.94. The highest BCUT2D eigenvalue weighted by Gasteiger charge is 2.10. The highest BCUT2D eigenvalue weighted by atomic mass is 16.5. The summed E-state index contributed by atoms with van der Waals surface area (Å²) in [7, 11) is 0. The topological polar surface area (TPSA) is 54.9 Å². The van der Waals surface area contributed by atoms with Crippen LogP contribution < -0.4 is 10.6 Å². The van der Waals surface area contributed by atoms with Gasteiger partial charge in [0.15, 0.2) is 0 Å². The van der Waals surface area contributed by atoms with E-state index in [1.54, 1.807) is 0 Å². The molecule has 0 aromatic heterocycles. The van der Waals surface area contributed by atoms with E-state index in [0.29, 0.717) is 19.1 Å². The minimum atomic E-state index is -0.324. The smallest absolute Gasteiger partial charge is 0.407 e. The van der Waals surface area contributed by atoms with Crippen molar-refractivity contribution in [3.8, 4) is 0 Å². The summed E-state index contributed by atoms with van der Waals surface area (Å²) in [5.74, 6) is 0.708. The molecule has 1 heterocycles. The second kappa shape index (κ2) is 7.79. The monoisotopic (exact) mass is 262 g/mol. The van der Waals surface area contributed by atoms with Gasteiger partial charge in [0, 0.05) is 6.54 Å². The third-order valence-corrected chi connectivity index (χ3v) is 3.41. The number of nitrogens with one attached hydrogen (secondary N) is 1. The van der Waals surface area contributed by atoms with Crippen molar-refractivity contribution in [2.24, 2.45) is 5.92 Å². The van der Waals surface area contributed by atoms with Crippen molar-refractivity contribution >= 4 is 6.09 Å². The minimum absolute atomic E-state index is 0.324. The van der Waals surface area contributed by atoms with Crippen LogP contribution in [0.5, 0.6) is 0 Å². The number of quaternary nitrogens is 1. The first-order chi connectivity index (χ1) is 9.34. The van der Waals surface area contributed by atoms with Crippen molar-refractivity contribution in [3.63, 3.8) is 0 Å². The number of carbonyl (C=O) groups is 1. The van der Waals surface area contributed by atoms with E-state index in [2.05, 4.69) is 17.2 Å². The summed E-state index contributed by atoms with van der Waals surface area (Å²) in [4.78, 5) is 11.5. The van der Waals surface area contributed by atoms with Gasteiger partial charge in [0.05, 0.1) is 6.54 Å². The van der Waals surface area contributed by atoms with Gasteiger partial charge < -0.3 is 15.4 Å². The van der Waals surface area contributed by atoms with Gasteiger partial charge >= 0.3 is 6.09 Å². The first kappa shape index (κ1) is 13.9. The molecule has 1 aliphatic heterocycles. The summed E-state index contributed by atoms with van der Waals surface area (Å²) in [5.41, 5.74) is 1.01. The Bertz CT molecular complexity index is 375. The van der Waals surface area contributed by atoms with Crippen LogP contribution in [0.3, 0.4) is 0 Å². The largest absolute Gasteiger partial charge is 0.476 e. The molecule has 1 atom stereocenters. The molecule has 0 aliphatic carbocycles. The number of carbonyl (C=O) groups excluding carboxylic acids is 1. The maximum atomic E-state index is 11.5. The maximum absolute atomic E-state index is 11.5. The predicted molar refractivity (Wildman–Crippen MR) is 73.1 cm³/mol. The van der Waals surface area contributed by atoms with E-state index in [-0.39, 0.29) is 6.09 Å². The zero-order chi connectivity index (χ0) is 13.3. The average Bonchev–Trinajstić information content (AvgIpc) is 2.47. The second-order valence-corrected chi connectivity index (χ2v) is 4.93. The number of amides is 1. The number of hydrogen-bond acceptors (Lipinski definition) is 2. The van der Waals surface area contributed by atoms with E-state index in [9.17, 15) is 4.79 Å². The highest BCUT2D eigenvalue weighted by molar-refractivity contribution is 5.67. The van der Waals surface area contributed by atoms with Crippen LogP contribution >= 0.6 is 0 Å². The van der Waals surface area contributed by atoms with Gasteiger partial charge in [-0.25, -0.2) is 4.79 Å². The van der Waals surface area contributed by atoms with E-state index in [1.165, 1.54) is 13.0 Å². The Morgan fingerprint density at radius 3 is 3.00 bits per heavy atom. The summed E-state index contributed by atoms with van der Waals surface area (Å²) in [6.07, 6.45) is 3.08. The molecular formula is C15H22N2O2. The molecule has 0 bridgehead atoms.